The lowest BCUT2D eigenvalue weighted by atomic mass is 9.52. The number of nitrogens with one attached hydrogen (secondary N) is 1. The zero-order valence-electron chi connectivity index (χ0n) is 19.7. The molecule has 170 valence electrons. The van der Waals surface area contributed by atoms with E-state index in [1.54, 1.807) is 27.7 Å². The van der Waals surface area contributed by atoms with Crippen LogP contribution in [0.3, 0.4) is 0 Å². The highest BCUT2D eigenvalue weighted by Gasteiger charge is 2.32. The van der Waals surface area contributed by atoms with Crippen molar-refractivity contribution in [2.75, 3.05) is 18.4 Å². The molecule has 1 fully saturated rings. The lowest BCUT2D eigenvalue weighted by Crippen LogP contribution is -2.42. The summed E-state index contributed by atoms with van der Waals surface area (Å²) in [5, 5.41) is 5.92. The monoisotopic (exact) mass is 453 g/mol. The lowest BCUT2D eigenvalue weighted by molar-refractivity contribution is 0.0235. The molecule has 34 heavy (non-hydrogen) atoms. The number of anilines is 1. The number of rotatable bonds is 6. The minimum absolute atomic E-state index is 0.0261. The first kappa shape index (κ1) is 24.0. The van der Waals surface area contributed by atoms with Gasteiger partial charge in [-0.15, -0.1) is 0 Å². The van der Waals surface area contributed by atoms with Gasteiger partial charge in [-0.3, -0.25) is 0 Å². The summed E-state index contributed by atoms with van der Waals surface area (Å²) in [6.07, 6.45) is 5.06. The minimum Gasteiger partial charge on any atom is -0.515 e. The van der Waals surface area contributed by atoms with Gasteiger partial charge in [0, 0.05) is 24.8 Å². The molecule has 3 heterocycles. The Morgan fingerprint density at radius 3 is 2.68 bits per heavy atom. The van der Waals surface area contributed by atoms with Crippen molar-refractivity contribution >= 4 is 41.1 Å². The van der Waals surface area contributed by atoms with Crippen molar-refractivity contribution in [2.24, 2.45) is 0 Å². The van der Waals surface area contributed by atoms with Gasteiger partial charge in [0.25, 0.3) is 0 Å². The number of ether oxygens (including phenoxy) is 2. The van der Waals surface area contributed by atoms with Gasteiger partial charge in [-0.1, -0.05) is 18.2 Å². The van der Waals surface area contributed by atoms with E-state index in [0.717, 1.165) is 18.4 Å². The molecule has 0 aliphatic carbocycles. The number of carbonyl (C=O) groups excluding carboxylic acids is 1. The van der Waals surface area contributed by atoms with Gasteiger partial charge >= 0.3 is 6.09 Å². The third-order valence-corrected chi connectivity index (χ3v) is 5.36. The van der Waals surface area contributed by atoms with Crippen molar-refractivity contribution in [3.05, 3.63) is 42.7 Å². The Balaban J connectivity index is 1.53. The number of hydrogen-bond donors (Lipinski definition) is 1. The maximum absolute atomic E-state index is 12.6. The second-order valence-corrected chi connectivity index (χ2v) is 9.44. The van der Waals surface area contributed by atoms with Gasteiger partial charge in [0.15, 0.2) is 5.65 Å². The van der Waals surface area contributed by atoms with E-state index in [4.69, 9.17) is 38.0 Å². The third-order valence-electron chi connectivity index (χ3n) is 5.36. The van der Waals surface area contributed by atoms with Crippen molar-refractivity contribution in [2.45, 2.75) is 50.6 Å². The van der Waals surface area contributed by atoms with Crippen LogP contribution in [0.15, 0.2) is 42.7 Å². The Kier molecular flexibility index (Phi) is 6.56. The molecule has 1 aromatic carbocycles. The molecule has 0 bridgehead atoms. The van der Waals surface area contributed by atoms with Crippen molar-refractivity contribution in [1.82, 2.24) is 19.5 Å². The molecule has 1 amide bonds. The minimum atomic E-state index is -1.82. The fourth-order valence-electron chi connectivity index (χ4n) is 3.96. The van der Waals surface area contributed by atoms with E-state index in [1.165, 1.54) is 0 Å². The number of likely N-dealkylation sites (tertiary alicyclic amines) is 1. The van der Waals surface area contributed by atoms with Crippen LogP contribution in [0.1, 0.15) is 33.6 Å². The van der Waals surface area contributed by atoms with E-state index >= 15 is 0 Å². The number of fused-ring (bicyclic) bond motifs is 1. The average Bonchev–Trinajstić information content (AvgIpc) is 3.37. The predicted octanol–water partition coefficient (Wildman–Crippen LogP) is 2.70. The van der Waals surface area contributed by atoms with Crippen LogP contribution in [0.25, 0.3) is 16.8 Å². The summed E-state index contributed by atoms with van der Waals surface area (Å²) in [6.45, 7) is 6.85. The van der Waals surface area contributed by atoms with E-state index in [2.05, 4.69) is 10.4 Å². The molecule has 1 atom stereocenters. The first-order chi connectivity index (χ1) is 16.0. The topological polar surface area (TPSA) is 81.0 Å². The van der Waals surface area contributed by atoms with Crippen molar-refractivity contribution in [3.63, 3.8) is 0 Å². The van der Waals surface area contributed by atoms with Gasteiger partial charge in [0.05, 0.1) is 17.8 Å². The zero-order chi connectivity index (χ0) is 24.5. The average molecular weight is 453 g/mol. The number of carbonyl (C=O) groups is 1. The van der Waals surface area contributed by atoms with E-state index in [9.17, 15) is 4.79 Å². The maximum atomic E-state index is 12.6. The second kappa shape index (κ2) is 9.27. The van der Waals surface area contributed by atoms with E-state index in [1.807, 2.05) is 45.2 Å². The number of aromatic nitrogens is 3. The molecule has 1 aliphatic heterocycles. The van der Waals surface area contributed by atoms with Crippen LogP contribution in [-0.2, 0) is 4.74 Å². The standard InChI is InChI=1S/C23H26B3N5O3/c1-22(2,3)34-21(32)30-11-6-7-15(30)13-27-19-10-12-31-20(29-19)17(14-28-31)16-8-4-5-9-18(16)33-23(24,25)26/h4-5,8-10,12,14-15H,6-7,11,13H2,1-3H3,(H,27,29)/t15-/m0/s1. The lowest BCUT2D eigenvalue weighted by Gasteiger charge is -2.28. The van der Waals surface area contributed by atoms with Gasteiger partial charge in [-0.2, -0.15) is 5.10 Å². The second-order valence-electron chi connectivity index (χ2n) is 9.44. The Hall–Kier alpha value is -3.10. The molecule has 1 aliphatic rings. The summed E-state index contributed by atoms with van der Waals surface area (Å²) in [4.78, 5) is 19.1. The first-order valence-electron chi connectivity index (χ1n) is 11.2. The first-order valence-corrected chi connectivity index (χ1v) is 11.2. The summed E-state index contributed by atoms with van der Waals surface area (Å²) in [7, 11) is 16.9. The zero-order valence-corrected chi connectivity index (χ0v) is 19.7. The molecule has 1 saturated heterocycles. The quantitative estimate of drug-likeness (QED) is 0.579. The molecule has 2 aromatic heterocycles. The summed E-state index contributed by atoms with van der Waals surface area (Å²) in [5.74, 6) is 1.08. The number of para-hydroxylation sites is 1. The SMILES string of the molecule is [B]C([B])([B])Oc1ccccc1-c1cnn2ccc(NC[C@@H]3CCCN3C(=O)OC(C)(C)C)nc12. The molecular weight excluding hydrogens is 427 g/mol. The summed E-state index contributed by atoms with van der Waals surface area (Å²) in [5.41, 5.74) is 1.53. The summed E-state index contributed by atoms with van der Waals surface area (Å²) in [6, 6.07) is 9.12. The van der Waals surface area contributed by atoms with Crippen LogP contribution in [0.2, 0.25) is 0 Å². The molecule has 6 radical (unpaired) electrons. The van der Waals surface area contributed by atoms with Crippen LogP contribution in [0.5, 0.6) is 5.75 Å². The van der Waals surface area contributed by atoms with Crippen LogP contribution in [0.4, 0.5) is 10.6 Å². The molecule has 1 N–H and O–H groups in total. The largest absolute Gasteiger partial charge is 0.515 e. The molecule has 11 heteroatoms. The Bertz CT molecular complexity index is 1170. The van der Waals surface area contributed by atoms with E-state index in [0.29, 0.717) is 35.9 Å². The smallest absolute Gasteiger partial charge is 0.410 e. The maximum Gasteiger partial charge on any atom is 0.410 e. The fraction of sp³-hybridized carbons (Fsp3) is 0.435. The molecule has 8 nitrogen and oxygen atoms in total. The molecule has 4 rings (SSSR count). The van der Waals surface area contributed by atoms with Gasteiger partial charge in [0.1, 0.15) is 40.7 Å². The third kappa shape index (κ3) is 5.69. The van der Waals surface area contributed by atoms with Gasteiger partial charge in [-0.05, 0) is 51.0 Å². The normalized spacial score (nSPS) is 16.6. The van der Waals surface area contributed by atoms with Crippen molar-refractivity contribution in [1.29, 1.82) is 0 Å². The highest BCUT2D eigenvalue weighted by molar-refractivity contribution is 6.58. The van der Waals surface area contributed by atoms with Crippen LogP contribution in [-0.4, -0.2) is 79.2 Å². The number of nitrogens with zero attached hydrogens (tertiary/aromatic N) is 4. The molecule has 0 spiro atoms. The van der Waals surface area contributed by atoms with E-state index < -0.39 is 10.9 Å². The number of hydrogen-bond acceptors (Lipinski definition) is 6. The fourth-order valence-corrected chi connectivity index (χ4v) is 3.96. The van der Waals surface area contributed by atoms with Crippen molar-refractivity contribution < 1.29 is 14.3 Å². The highest BCUT2D eigenvalue weighted by Crippen LogP contribution is 2.33. The Morgan fingerprint density at radius 1 is 1.18 bits per heavy atom. The van der Waals surface area contributed by atoms with Crippen LogP contribution >= 0.6 is 0 Å². The number of amides is 1. The molecule has 0 unspecified atom stereocenters. The van der Waals surface area contributed by atoms with Crippen LogP contribution < -0.4 is 10.1 Å². The summed E-state index contributed by atoms with van der Waals surface area (Å²) >= 11 is 0. The van der Waals surface area contributed by atoms with Gasteiger partial charge in [0.2, 0.25) is 0 Å². The summed E-state index contributed by atoms with van der Waals surface area (Å²) < 4.78 is 12.7. The van der Waals surface area contributed by atoms with Gasteiger partial charge in [-0.25, -0.2) is 14.3 Å². The van der Waals surface area contributed by atoms with Crippen molar-refractivity contribution in [3.8, 4) is 16.9 Å². The molecule has 3 aromatic rings. The van der Waals surface area contributed by atoms with Gasteiger partial charge < -0.3 is 19.7 Å². The number of benzene rings is 1. The Morgan fingerprint density at radius 2 is 1.94 bits per heavy atom. The Labute approximate surface area is 203 Å². The van der Waals surface area contributed by atoms with Crippen LogP contribution in [0, 0.1) is 0 Å². The highest BCUT2D eigenvalue weighted by atomic mass is 16.6. The van der Waals surface area contributed by atoms with E-state index in [-0.39, 0.29) is 12.1 Å². The molecular formula is C23H26B3N5O3. The predicted molar refractivity (Wildman–Crippen MR) is 133 cm³/mol. The molecule has 0 saturated carbocycles.